The number of amides is 1. The monoisotopic (exact) mass is 493 g/mol. The Labute approximate surface area is 215 Å². The van der Waals surface area contributed by atoms with Crippen molar-refractivity contribution in [3.63, 3.8) is 0 Å². The molecule has 0 aromatic heterocycles. The first-order valence-electron chi connectivity index (χ1n) is 11.7. The molecule has 0 radical (unpaired) electrons. The Balaban J connectivity index is 1.69. The van der Waals surface area contributed by atoms with E-state index in [2.05, 4.69) is 5.32 Å². The fourth-order valence-electron chi connectivity index (χ4n) is 4.62. The molecule has 0 saturated heterocycles. The van der Waals surface area contributed by atoms with E-state index < -0.39 is 17.4 Å². The van der Waals surface area contributed by atoms with E-state index in [0.717, 1.165) is 16.7 Å². The molecule has 0 bridgehead atoms. The van der Waals surface area contributed by atoms with Gasteiger partial charge in [-0.3, -0.25) is 4.79 Å². The number of nitrogens with one attached hydrogen (secondary N) is 1. The van der Waals surface area contributed by atoms with E-state index in [0.29, 0.717) is 16.3 Å². The second-order valence-electron chi connectivity index (χ2n) is 8.77. The number of halogens is 1. The summed E-state index contributed by atoms with van der Waals surface area (Å²) in [5, 5.41) is 3.63. The van der Waals surface area contributed by atoms with Crippen molar-refractivity contribution in [1.29, 1.82) is 0 Å². The maximum Gasteiger partial charge on any atom is 0.338 e. The van der Waals surface area contributed by atoms with E-state index in [1.807, 2.05) is 91.0 Å². The lowest BCUT2D eigenvalue weighted by Crippen LogP contribution is -2.61. The standard InChI is InChI=1S/C31H24ClNO3/c32-26-18-10-17-25(19-26)27-20-28(23-13-6-2-7-14-23)36-30(35)31(27,21-22-11-4-1-5-12-22)33-29(34)24-15-8-3-9-16-24/h1-20,27H,21H2,(H,33,34)/t27-,31+/m1/s1. The van der Waals surface area contributed by atoms with Gasteiger partial charge in [0.05, 0.1) is 0 Å². The van der Waals surface area contributed by atoms with Crippen LogP contribution in [-0.4, -0.2) is 17.4 Å². The predicted molar refractivity (Wildman–Crippen MR) is 141 cm³/mol. The number of hydrogen-bond acceptors (Lipinski definition) is 3. The average molecular weight is 494 g/mol. The van der Waals surface area contributed by atoms with Crippen LogP contribution in [0, 0.1) is 0 Å². The summed E-state index contributed by atoms with van der Waals surface area (Å²) in [6.45, 7) is 0. The molecule has 0 fully saturated rings. The summed E-state index contributed by atoms with van der Waals surface area (Å²) < 4.78 is 5.95. The number of rotatable bonds is 6. The molecule has 1 N–H and O–H groups in total. The van der Waals surface area contributed by atoms with Crippen molar-refractivity contribution in [2.75, 3.05) is 0 Å². The first kappa shape index (κ1) is 23.6. The molecule has 0 spiro atoms. The molecular formula is C31H24ClNO3. The summed E-state index contributed by atoms with van der Waals surface area (Å²) >= 11 is 6.38. The minimum Gasteiger partial charge on any atom is -0.424 e. The summed E-state index contributed by atoms with van der Waals surface area (Å²) in [6.07, 6.45) is 2.15. The molecule has 4 aromatic rings. The second-order valence-corrected chi connectivity index (χ2v) is 9.21. The normalized spacial score (nSPS) is 19.2. The van der Waals surface area contributed by atoms with Gasteiger partial charge in [0, 0.05) is 28.5 Å². The highest BCUT2D eigenvalue weighted by Crippen LogP contribution is 2.42. The minimum absolute atomic E-state index is 0.237. The molecule has 0 unspecified atom stereocenters. The maximum absolute atomic E-state index is 14.0. The van der Waals surface area contributed by atoms with Crippen molar-refractivity contribution < 1.29 is 14.3 Å². The van der Waals surface area contributed by atoms with E-state index in [4.69, 9.17) is 16.3 Å². The lowest BCUT2D eigenvalue weighted by Gasteiger charge is -2.41. The number of carbonyl (C=O) groups excluding carboxylic acids is 2. The van der Waals surface area contributed by atoms with Crippen LogP contribution in [0.2, 0.25) is 5.02 Å². The van der Waals surface area contributed by atoms with Gasteiger partial charge in [-0.2, -0.15) is 0 Å². The van der Waals surface area contributed by atoms with Crippen LogP contribution in [0.3, 0.4) is 0 Å². The Hall–Kier alpha value is -4.15. The molecule has 1 heterocycles. The lowest BCUT2D eigenvalue weighted by molar-refractivity contribution is -0.145. The molecule has 5 heteroatoms. The van der Waals surface area contributed by atoms with Gasteiger partial charge in [-0.15, -0.1) is 0 Å². The van der Waals surface area contributed by atoms with Gasteiger partial charge in [0.2, 0.25) is 0 Å². The van der Waals surface area contributed by atoms with Gasteiger partial charge in [0.1, 0.15) is 5.76 Å². The van der Waals surface area contributed by atoms with E-state index in [-0.39, 0.29) is 12.3 Å². The Morgan fingerprint density at radius 3 is 2.14 bits per heavy atom. The number of ether oxygens (including phenoxy) is 1. The van der Waals surface area contributed by atoms with Crippen molar-refractivity contribution in [3.05, 3.63) is 149 Å². The number of benzene rings is 4. The van der Waals surface area contributed by atoms with Gasteiger partial charge in [0.15, 0.2) is 5.54 Å². The van der Waals surface area contributed by atoms with Crippen LogP contribution < -0.4 is 5.32 Å². The highest BCUT2D eigenvalue weighted by Gasteiger charge is 2.51. The van der Waals surface area contributed by atoms with Crippen LogP contribution >= 0.6 is 11.6 Å². The van der Waals surface area contributed by atoms with Crippen LogP contribution in [0.15, 0.2) is 121 Å². The van der Waals surface area contributed by atoms with E-state index >= 15 is 0 Å². The quantitative estimate of drug-likeness (QED) is 0.315. The maximum atomic E-state index is 14.0. The Morgan fingerprint density at radius 1 is 0.833 bits per heavy atom. The van der Waals surface area contributed by atoms with Crippen LogP contribution in [0.1, 0.15) is 33.0 Å². The van der Waals surface area contributed by atoms with Crippen LogP contribution in [0.4, 0.5) is 0 Å². The summed E-state index contributed by atoms with van der Waals surface area (Å²) in [5.74, 6) is -0.974. The molecule has 4 aromatic carbocycles. The summed E-state index contributed by atoms with van der Waals surface area (Å²) in [6, 6.07) is 35.3. The minimum atomic E-state index is -1.41. The summed E-state index contributed by atoms with van der Waals surface area (Å²) in [5.41, 5.74) is 1.53. The van der Waals surface area contributed by atoms with E-state index in [1.54, 1.807) is 30.3 Å². The first-order chi connectivity index (χ1) is 17.5. The smallest absolute Gasteiger partial charge is 0.338 e. The third-order valence-corrected chi connectivity index (χ3v) is 6.62. The molecule has 36 heavy (non-hydrogen) atoms. The molecular weight excluding hydrogens is 470 g/mol. The molecule has 0 aliphatic carbocycles. The van der Waals surface area contributed by atoms with Crippen LogP contribution in [0.25, 0.3) is 5.76 Å². The predicted octanol–water partition coefficient (Wildman–Crippen LogP) is 6.43. The van der Waals surface area contributed by atoms with Gasteiger partial charge >= 0.3 is 5.97 Å². The first-order valence-corrected chi connectivity index (χ1v) is 12.1. The van der Waals surface area contributed by atoms with Gasteiger partial charge < -0.3 is 10.1 Å². The Kier molecular flexibility index (Phi) is 6.70. The Morgan fingerprint density at radius 2 is 1.47 bits per heavy atom. The van der Waals surface area contributed by atoms with E-state index in [9.17, 15) is 9.59 Å². The number of carbonyl (C=O) groups is 2. The van der Waals surface area contributed by atoms with Gasteiger partial charge in [0.25, 0.3) is 5.91 Å². The van der Waals surface area contributed by atoms with Crippen LogP contribution in [-0.2, 0) is 16.0 Å². The molecule has 1 aliphatic heterocycles. The van der Waals surface area contributed by atoms with Gasteiger partial charge in [-0.05, 0) is 41.5 Å². The van der Waals surface area contributed by atoms with Crippen LogP contribution in [0.5, 0.6) is 0 Å². The SMILES string of the molecule is O=C(N[C@]1(Cc2ccccc2)C(=O)OC(c2ccccc2)=C[C@@H]1c1cccc(Cl)c1)c1ccccc1. The topological polar surface area (TPSA) is 55.4 Å². The van der Waals surface area contributed by atoms with Crippen molar-refractivity contribution >= 4 is 29.2 Å². The number of cyclic esters (lactones) is 1. The van der Waals surface area contributed by atoms with Crippen molar-refractivity contribution in [2.24, 2.45) is 0 Å². The molecule has 0 saturated carbocycles. The third-order valence-electron chi connectivity index (χ3n) is 6.38. The molecule has 1 amide bonds. The molecule has 178 valence electrons. The molecule has 4 nitrogen and oxygen atoms in total. The highest BCUT2D eigenvalue weighted by atomic mass is 35.5. The van der Waals surface area contributed by atoms with Crippen molar-refractivity contribution in [1.82, 2.24) is 5.32 Å². The van der Waals surface area contributed by atoms with Gasteiger partial charge in [-0.25, -0.2) is 4.79 Å². The average Bonchev–Trinajstić information content (AvgIpc) is 2.91. The summed E-state index contributed by atoms with van der Waals surface area (Å²) in [4.78, 5) is 27.5. The molecule has 2 atom stereocenters. The lowest BCUT2D eigenvalue weighted by atomic mass is 9.73. The highest BCUT2D eigenvalue weighted by molar-refractivity contribution is 6.30. The van der Waals surface area contributed by atoms with Gasteiger partial charge in [-0.1, -0.05) is 103 Å². The number of esters is 1. The zero-order valence-electron chi connectivity index (χ0n) is 19.4. The third kappa shape index (κ3) is 4.81. The fourth-order valence-corrected chi connectivity index (χ4v) is 4.82. The number of hydrogen-bond donors (Lipinski definition) is 1. The largest absolute Gasteiger partial charge is 0.424 e. The molecule has 1 aliphatic rings. The molecule has 5 rings (SSSR count). The fraction of sp³-hybridized carbons (Fsp3) is 0.0968. The Bertz CT molecular complexity index is 1400. The van der Waals surface area contributed by atoms with E-state index in [1.165, 1.54) is 0 Å². The van der Waals surface area contributed by atoms with Crippen molar-refractivity contribution in [3.8, 4) is 0 Å². The summed E-state index contributed by atoms with van der Waals surface area (Å²) in [7, 11) is 0. The van der Waals surface area contributed by atoms with Crippen molar-refractivity contribution in [2.45, 2.75) is 17.9 Å². The zero-order chi connectivity index (χ0) is 25.0. The second kappa shape index (κ2) is 10.2. The zero-order valence-corrected chi connectivity index (χ0v) is 20.2.